The molecule has 4 rings (SSSR count). The van der Waals surface area contributed by atoms with Crippen LogP contribution in [0, 0.1) is 6.92 Å². The van der Waals surface area contributed by atoms with Crippen molar-refractivity contribution in [3.63, 3.8) is 0 Å². The second kappa shape index (κ2) is 9.77. The largest absolute Gasteiger partial charge is 0.455 e. The molecule has 0 aliphatic heterocycles. The van der Waals surface area contributed by atoms with E-state index in [2.05, 4.69) is 15.8 Å². The summed E-state index contributed by atoms with van der Waals surface area (Å²) in [6.07, 6.45) is 2.04. The van der Waals surface area contributed by atoms with E-state index >= 15 is 0 Å². The van der Waals surface area contributed by atoms with E-state index in [-0.39, 0.29) is 16.3 Å². The number of amides is 2. The van der Waals surface area contributed by atoms with Crippen LogP contribution in [0.4, 0.5) is 5.69 Å². The quantitative estimate of drug-likeness (QED) is 0.363. The summed E-state index contributed by atoms with van der Waals surface area (Å²) in [4.78, 5) is 25.4. The number of nitrogens with zero attached hydrogens (tertiary/aromatic N) is 1. The predicted molar refractivity (Wildman–Crippen MR) is 131 cm³/mol. The topological polar surface area (TPSA) is 83.7 Å². The minimum absolute atomic E-state index is 0.160. The maximum absolute atomic E-state index is 12.9. The lowest BCUT2D eigenvalue weighted by Crippen LogP contribution is -2.22. The highest BCUT2D eigenvalue weighted by Gasteiger charge is 2.28. The Balaban J connectivity index is 1.58. The van der Waals surface area contributed by atoms with Gasteiger partial charge < -0.3 is 9.73 Å². The van der Waals surface area contributed by atoms with Gasteiger partial charge in [-0.05, 0) is 56.2 Å². The molecule has 1 aliphatic rings. The van der Waals surface area contributed by atoms with Crippen LogP contribution in [0.1, 0.15) is 50.6 Å². The molecule has 0 fully saturated rings. The summed E-state index contributed by atoms with van der Waals surface area (Å²) in [6, 6.07) is 9.38. The number of carbonyl (C=O) groups excluding carboxylic acids is 2. The number of hydrogen-bond acceptors (Lipinski definition) is 4. The average molecular weight is 525 g/mol. The fourth-order valence-corrected chi connectivity index (χ4v) is 4.57. The lowest BCUT2D eigenvalue weighted by atomic mass is 9.93. The van der Waals surface area contributed by atoms with E-state index in [1.807, 2.05) is 0 Å². The first-order valence-electron chi connectivity index (χ1n) is 9.95. The summed E-state index contributed by atoms with van der Waals surface area (Å²) in [5.41, 5.74) is 5.18. The Morgan fingerprint density at radius 3 is 2.33 bits per heavy atom. The van der Waals surface area contributed by atoms with E-state index in [4.69, 9.17) is 50.8 Å². The van der Waals surface area contributed by atoms with Crippen LogP contribution in [0.2, 0.25) is 20.1 Å². The number of benzene rings is 2. The third kappa shape index (κ3) is 5.04. The van der Waals surface area contributed by atoms with Crippen molar-refractivity contribution in [2.75, 3.05) is 5.32 Å². The average Bonchev–Trinajstić information content (AvgIpc) is 3.11. The molecular formula is C23H17Cl4N3O3. The number of hydrazone groups is 1. The zero-order valence-electron chi connectivity index (χ0n) is 17.3. The summed E-state index contributed by atoms with van der Waals surface area (Å²) in [7, 11) is 0. The van der Waals surface area contributed by atoms with Crippen molar-refractivity contribution in [1.29, 1.82) is 0 Å². The minimum atomic E-state index is -0.465. The normalized spacial score (nSPS) is 14.2. The number of carbonyl (C=O) groups is 2. The molecule has 1 aliphatic carbocycles. The Kier molecular flexibility index (Phi) is 7.00. The first-order chi connectivity index (χ1) is 15.7. The second-order valence-corrected chi connectivity index (χ2v) is 9.10. The van der Waals surface area contributed by atoms with E-state index < -0.39 is 11.8 Å². The highest BCUT2D eigenvalue weighted by molar-refractivity contribution is 6.37. The summed E-state index contributed by atoms with van der Waals surface area (Å²) < 4.78 is 5.88. The molecule has 0 atom stereocenters. The van der Waals surface area contributed by atoms with Gasteiger partial charge in [-0.25, -0.2) is 5.43 Å². The van der Waals surface area contributed by atoms with Gasteiger partial charge in [0, 0.05) is 27.6 Å². The Morgan fingerprint density at radius 1 is 0.939 bits per heavy atom. The van der Waals surface area contributed by atoms with Crippen molar-refractivity contribution in [1.82, 2.24) is 5.43 Å². The summed E-state index contributed by atoms with van der Waals surface area (Å²) in [6.45, 7) is 1.78. The van der Waals surface area contributed by atoms with Crippen LogP contribution in [0.25, 0.3) is 0 Å². The van der Waals surface area contributed by atoms with Gasteiger partial charge in [0.25, 0.3) is 11.8 Å². The molecule has 0 radical (unpaired) electrons. The Morgan fingerprint density at radius 2 is 1.64 bits per heavy atom. The molecule has 10 heteroatoms. The number of rotatable bonds is 4. The smallest absolute Gasteiger partial charge is 0.291 e. The molecule has 3 aromatic rings. The summed E-state index contributed by atoms with van der Waals surface area (Å²) in [5.74, 6) is -0.105. The zero-order valence-corrected chi connectivity index (χ0v) is 20.3. The fourth-order valence-electron chi connectivity index (χ4n) is 3.62. The molecule has 170 valence electrons. The predicted octanol–water partition coefficient (Wildman–Crippen LogP) is 6.92. The van der Waals surface area contributed by atoms with E-state index in [0.29, 0.717) is 50.6 Å². The van der Waals surface area contributed by atoms with Gasteiger partial charge in [-0.15, -0.1) is 0 Å². The molecule has 0 saturated carbocycles. The standard InChI is InChI=1S/C23H17Cl4N3O3/c1-11-20-18(29-30-22(31)14-7-5-12(24)9-15(14)26)3-2-4-19(20)33-21(11)23(32)28-17-8-6-13(25)10-16(17)27/h5-10H,2-4H2,1H3,(H,28,32)(H,30,31)/b29-18+. The molecule has 0 unspecified atom stereocenters. The monoisotopic (exact) mass is 523 g/mol. The lowest BCUT2D eigenvalue weighted by Gasteiger charge is -2.13. The molecule has 2 aromatic carbocycles. The van der Waals surface area contributed by atoms with Crippen molar-refractivity contribution in [3.8, 4) is 0 Å². The Labute approximate surface area is 209 Å². The van der Waals surface area contributed by atoms with Crippen LogP contribution in [-0.2, 0) is 6.42 Å². The lowest BCUT2D eigenvalue weighted by molar-refractivity contribution is 0.0953. The third-order valence-corrected chi connectivity index (χ3v) is 6.28. The first-order valence-corrected chi connectivity index (χ1v) is 11.5. The Bertz CT molecular complexity index is 1300. The number of fused-ring (bicyclic) bond motifs is 1. The van der Waals surface area contributed by atoms with E-state index in [0.717, 1.165) is 12.0 Å². The molecule has 1 heterocycles. The molecule has 0 bridgehead atoms. The number of nitrogens with one attached hydrogen (secondary N) is 2. The van der Waals surface area contributed by atoms with Crippen molar-refractivity contribution in [2.45, 2.75) is 26.2 Å². The van der Waals surface area contributed by atoms with E-state index in [1.165, 1.54) is 12.1 Å². The molecule has 2 amide bonds. The third-order valence-electron chi connectivity index (χ3n) is 5.18. The van der Waals surface area contributed by atoms with Crippen LogP contribution >= 0.6 is 46.4 Å². The maximum Gasteiger partial charge on any atom is 0.291 e. The number of furan rings is 1. The molecule has 6 nitrogen and oxygen atoms in total. The van der Waals surface area contributed by atoms with Crippen molar-refractivity contribution in [3.05, 3.63) is 84.7 Å². The molecule has 0 saturated heterocycles. The molecule has 0 spiro atoms. The fraction of sp³-hybridized carbons (Fsp3) is 0.174. The van der Waals surface area contributed by atoms with E-state index in [9.17, 15) is 9.59 Å². The number of aryl methyl sites for hydroxylation is 1. The molecule has 33 heavy (non-hydrogen) atoms. The van der Waals surface area contributed by atoms with Gasteiger partial charge in [0.05, 0.1) is 27.0 Å². The van der Waals surface area contributed by atoms with Crippen LogP contribution in [0.3, 0.4) is 0 Å². The van der Waals surface area contributed by atoms with Gasteiger partial charge in [0.1, 0.15) is 5.76 Å². The first kappa shape index (κ1) is 23.6. The van der Waals surface area contributed by atoms with Crippen LogP contribution in [-0.4, -0.2) is 17.5 Å². The highest BCUT2D eigenvalue weighted by Crippen LogP contribution is 2.32. The van der Waals surface area contributed by atoms with Crippen molar-refractivity contribution >= 4 is 69.6 Å². The van der Waals surface area contributed by atoms with Gasteiger partial charge >= 0.3 is 0 Å². The van der Waals surface area contributed by atoms with Crippen molar-refractivity contribution < 1.29 is 14.0 Å². The highest BCUT2D eigenvalue weighted by atomic mass is 35.5. The summed E-state index contributed by atoms with van der Waals surface area (Å²) in [5, 5.41) is 8.48. The van der Waals surface area contributed by atoms with Crippen LogP contribution in [0.5, 0.6) is 0 Å². The van der Waals surface area contributed by atoms with Gasteiger partial charge in [0.2, 0.25) is 0 Å². The number of halogens is 4. The molecule has 2 N–H and O–H groups in total. The number of hydrogen-bond donors (Lipinski definition) is 2. The Hall–Kier alpha value is -2.51. The van der Waals surface area contributed by atoms with E-state index in [1.54, 1.807) is 31.2 Å². The SMILES string of the molecule is Cc1c(C(=O)Nc2ccc(Cl)cc2Cl)oc2c1/C(=N/NC(=O)c1ccc(Cl)cc1Cl)CCC2. The minimum Gasteiger partial charge on any atom is -0.455 e. The second-order valence-electron chi connectivity index (χ2n) is 7.41. The summed E-state index contributed by atoms with van der Waals surface area (Å²) >= 11 is 24.1. The number of anilines is 1. The molecule has 1 aromatic heterocycles. The van der Waals surface area contributed by atoms with Gasteiger partial charge in [-0.3, -0.25) is 9.59 Å². The van der Waals surface area contributed by atoms with Crippen molar-refractivity contribution in [2.24, 2.45) is 5.10 Å². The van der Waals surface area contributed by atoms with Crippen LogP contribution < -0.4 is 10.7 Å². The molecular weight excluding hydrogens is 508 g/mol. The zero-order chi connectivity index (χ0) is 23.7. The van der Waals surface area contributed by atoms with Gasteiger partial charge in [-0.2, -0.15) is 5.10 Å². The van der Waals surface area contributed by atoms with Crippen LogP contribution in [0.15, 0.2) is 45.9 Å². The maximum atomic E-state index is 12.9. The van der Waals surface area contributed by atoms with Gasteiger partial charge in [-0.1, -0.05) is 46.4 Å². The van der Waals surface area contributed by atoms with Gasteiger partial charge in [0.15, 0.2) is 5.76 Å².